The van der Waals surface area contributed by atoms with Crippen LogP contribution in [0.4, 0.5) is 5.69 Å². The molecule has 3 aromatic carbocycles. The third kappa shape index (κ3) is 3.20. The van der Waals surface area contributed by atoms with E-state index in [-0.39, 0.29) is 12.7 Å². The fourth-order valence-electron chi connectivity index (χ4n) is 2.77. The second-order valence-corrected chi connectivity index (χ2v) is 6.71. The van der Waals surface area contributed by atoms with E-state index in [0.29, 0.717) is 22.9 Å². The first-order chi connectivity index (χ1) is 12.6. The average Bonchev–Trinajstić information content (AvgIpc) is 3.12. The summed E-state index contributed by atoms with van der Waals surface area (Å²) in [6, 6.07) is 17.1. The van der Waals surface area contributed by atoms with Crippen LogP contribution in [0.25, 0.3) is 10.8 Å². The van der Waals surface area contributed by atoms with Gasteiger partial charge in [-0.25, -0.2) is 0 Å². The van der Waals surface area contributed by atoms with Crippen molar-refractivity contribution in [3.05, 3.63) is 59.1 Å². The average molecular weight is 414 g/mol. The first-order valence-electron chi connectivity index (χ1n) is 8.16. The molecular formula is C20H16BrNO4. The summed E-state index contributed by atoms with van der Waals surface area (Å²) in [4.78, 5) is 12.5. The summed E-state index contributed by atoms with van der Waals surface area (Å²) in [5.41, 5.74) is 0.632. The van der Waals surface area contributed by atoms with Crippen molar-refractivity contribution in [2.75, 3.05) is 12.1 Å². The van der Waals surface area contributed by atoms with Crippen molar-refractivity contribution < 1.29 is 19.0 Å². The summed E-state index contributed by atoms with van der Waals surface area (Å²) >= 11 is 3.57. The molecule has 0 fully saturated rings. The minimum absolute atomic E-state index is 0.197. The topological polar surface area (TPSA) is 56.8 Å². The zero-order chi connectivity index (χ0) is 18.1. The van der Waals surface area contributed by atoms with Crippen LogP contribution in [-0.2, 0) is 4.79 Å². The van der Waals surface area contributed by atoms with Gasteiger partial charge in [0.15, 0.2) is 17.6 Å². The first kappa shape index (κ1) is 16.7. The van der Waals surface area contributed by atoms with Crippen molar-refractivity contribution in [3.8, 4) is 17.2 Å². The molecule has 0 bridgehead atoms. The first-order valence-corrected chi connectivity index (χ1v) is 8.95. The number of rotatable bonds is 4. The minimum atomic E-state index is -0.669. The number of fused-ring (bicyclic) bond motifs is 2. The van der Waals surface area contributed by atoms with Crippen LogP contribution >= 0.6 is 15.9 Å². The smallest absolute Gasteiger partial charge is 0.265 e. The molecule has 1 unspecified atom stereocenters. The van der Waals surface area contributed by atoms with E-state index in [0.717, 1.165) is 15.2 Å². The molecule has 4 rings (SSSR count). The molecule has 0 saturated heterocycles. The maximum Gasteiger partial charge on any atom is 0.265 e. The Hall–Kier alpha value is -2.73. The predicted octanol–water partition coefficient (Wildman–Crippen LogP) is 4.74. The molecule has 1 N–H and O–H groups in total. The van der Waals surface area contributed by atoms with Crippen LogP contribution in [0.15, 0.2) is 59.1 Å². The molecule has 0 spiro atoms. The van der Waals surface area contributed by atoms with Crippen molar-refractivity contribution in [1.82, 2.24) is 0 Å². The molecule has 3 aromatic rings. The Labute approximate surface area is 159 Å². The monoisotopic (exact) mass is 413 g/mol. The normalized spacial score (nSPS) is 13.5. The van der Waals surface area contributed by atoms with Crippen LogP contribution in [-0.4, -0.2) is 18.8 Å². The Balaban J connectivity index is 1.48. The molecule has 1 heterocycles. The van der Waals surface area contributed by atoms with Crippen LogP contribution in [0.1, 0.15) is 6.92 Å². The lowest BCUT2D eigenvalue weighted by Crippen LogP contribution is -2.30. The van der Waals surface area contributed by atoms with Gasteiger partial charge in [0.25, 0.3) is 5.91 Å². The maximum atomic E-state index is 12.5. The van der Waals surface area contributed by atoms with Gasteiger partial charge < -0.3 is 19.5 Å². The third-order valence-corrected chi connectivity index (χ3v) is 4.96. The quantitative estimate of drug-likeness (QED) is 0.670. The van der Waals surface area contributed by atoms with Crippen molar-refractivity contribution in [1.29, 1.82) is 0 Å². The van der Waals surface area contributed by atoms with E-state index in [4.69, 9.17) is 14.2 Å². The van der Waals surface area contributed by atoms with Gasteiger partial charge in [-0.1, -0.05) is 30.3 Å². The van der Waals surface area contributed by atoms with Gasteiger partial charge in [-0.15, -0.1) is 0 Å². The number of anilines is 1. The molecule has 1 aliphatic heterocycles. The van der Waals surface area contributed by atoms with Gasteiger partial charge >= 0.3 is 0 Å². The third-order valence-electron chi connectivity index (χ3n) is 4.14. The lowest BCUT2D eigenvalue weighted by atomic mass is 10.1. The van der Waals surface area contributed by atoms with Gasteiger partial charge in [0.2, 0.25) is 6.79 Å². The highest BCUT2D eigenvalue weighted by atomic mass is 79.9. The van der Waals surface area contributed by atoms with E-state index in [9.17, 15) is 4.79 Å². The fourth-order valence-corrected chi connectivity index (χ4v) is 3.35. The van der Waals surface area contributed by atoms with E-state index >= 15 is 0 Å². The predicted molar refractivity (Wildman–Crippen MR) is 103 cm³/mol. The van der Waals surface area contributed by atoms with Gasteiger partial charge in [0, 0.05) is 11.8 Å². The standard InChI is InChI=1S/C20H16BrNO4/c1-12(20(23)22-14-7-9-16-18(10-14)25-11-24-16)26-17-8-6-13-4-2-3-5-15(13)19(17)21/h2-10,12H,11H2,1H3,(H,22,23). The number of carbonyl (C=O) groups excluding carboxylic acids is 1. The number of ether oxygens (including phenoxy) is 3. The molecule has 132 valence electrons. The van der Waals surface area contributed by atoms with Gasteiger partial charge in [-0.2, -0.15) is 0 Å². The molecule has 1 aliphatic rings. The fraction of sp³-hybridized carbons (Fsp3) is 0.150. The van der Waals surface area contributed by atoms with Gasteiger partial charge in [-0.05, 0) is 51.8 Å². The van der Waals surface area contributed by atoms with E-state index in [1.54, 1.807) is 25.1 Å². The van der Waals surface area contributed by atoms with Crippen LogP contribution < -0.4 is 19.5 Å². The number of halogens is 1. The number of amides is 1. The second kappa shape index (κ2) is 6.88. The molecule has 26 heavy (non-hydrogen) atoms. The summed E-state index contributed by atoms with van der Waals surface area (Å²) in [5, 5.41) is 4.97. The van der Waals surface area contributed by atoms with Crippen molar-refractivity contribution >= 4 is 38.3 Å². The zero-order valence-corrected chi connectivity index (χ0v) is 15.6. The molecule has 0 radical (unpaired) electrons. The van der Waals surface area contributed by atoms with E-state index in [1.165, 1.54) is 0 Å². The highest BCUT2D eigenvalue weighted by molar-refractivity contribution is 9.10. The van der Waals surface area contributed by atoms with Gasteiger partial charge in [0.05, 0.1) is 4.47 Å². The highest BCUT2D eigenvalue weighted by Crippen LogP contribution is 2.35. The van der Waals surface area contributed by atoms with Crippen LogP contribution in [0, 0.1) is 0 Å². The Morgan fingerprint density at radius 3 is 2.81 bits per heavy atom. The molecular weight excluding hydrogens is 398 g/mol. The molecule has 1 atom stereocenters. The van der Waals surface area contributed by atoms with Crippen molar-refractivity contribution in [3.63, 3.8) is 0 Å². The summed E-state index contributed by atoms with van der Waals surface area (Å²) < 4.78 is 17.3. The zero-order valence-electron chi connectivity index (χ0n) is 14.0. The number of hydrogen-bond donors (Lipinski definition) is 1. The SMILES string of the molecule is CC(Oc1ccc2ccccc2c1Br)C(=O)Nc1ccc2c(c1)OCO2. The van der Waals surface area contributed by atoms with Crippen molar-refractivity contribution in [2.45, 2.75) is 13.0 Å². The lowest BCUT2D eigenvalue weighted by Gasteiger charge is -2.17. The lowest BCUT2D eigenvalue weighted by molar-refractivity contribution is -0.122. The molecule has 0 aromatic heterocycles. The summed E-state index contributed by atoms with van der Waals surface area (Å²) in [5.74, 6) is 1.67. The molecule has 1 amide bonds. The van der Waals surface area contributed by atoms with Crippen LogP contribution in [0.3, 0.4) is 0 Å². The minimum Gasteiger partial charge on any atom is -0.480 e. The molecule has 0 saturated carbocycles. The Morgan fingerprint density at radius 1 is 1.12 bits per heavy atom. The summed E-state index contributed by atoms with van der Waals surface area (Å²) in [7, 11) is 0. The molecule has 6 heteroatoms. The Morgan fingerprint density at radius 2 is 1.92 bits per heavy atom. The van der Waals surface area contributed by atoms with E-state index in [1.807, 2.05) is 36.4 Å². The number of benzene rings is 3. The van der Waals surface area contributed by atoms with E-state index < -0.39 is 6.10 Å². The van der Waals surface area contributed by atoms with Crippen LogP contribution in [0.2, 0.25) is 0 Å². The van der Waals surface area contributed by atoms with Crippen LogP contribution in [0.5, 0.6) is 17.2 Å². The number of nitrogens with one attached hydrogen (secondary N) is 1. The second-order valence-electron chi connectivity index (χ2n) is 5.92. The number of carbonyl (C=O) groups is 1. The maximum absolute atomic E-state index is 12.5. The van der Waals surface area contributed by atoms with Gasteiger partial charge in [0.1, 0.15) is 5.75 Å². The largest absolute Gasteiger partial charge is 0.480 e. The van der Waals surface area contributed by atoms with Gasteiger partial charge in [-0.3, -0.25) is 4.79 Å². The Kier molecular flexibility index (Phi) is 4.42. The number of hydrogen-bond acceptors (Lipinski definition) is 4. The molecule has 0 aliphatic carbocycles. The van der Waals surface area contributed by atoms with E-state index in [2.05, 4.69) is 21.2 Å². The summed E-state index contributed by atoms with van der Waals surface area (Å²) in [6.45, 7) is 1.91. The molecule has 5 nitrogen and oxygen atoms in total. The Bertz CT molecular complexity index is 989. The van der Waals surface area contributed by atoms with Crippen molar-refractivity contribution in [2.24, 2.45) is 0 Å². The highest BCUT2D eigenvalue weighted by Gasteiger charge is 2.19. The summed E-state index contributed by atoms with van der Waals surface area (Å²) in [6.07, 6.45) is -0.669.